The molecule has 0 aliphatic rings. The molecule has 0 aromatic heterocycles. The molecule has 2 atom stereocenters. The van der Waals surface area contributed by atoms with E-state index < -0.39 is 5.82 Å². The molecule has 2 aromatic carbocycles. The molecule has 110 valence electrons. The van der Waals surface area contributed by atoms with E-state index in [2.05, 4.69) is 5.32 Å². The van der Waals surface area contributed by atoms with Crippen molar-refractivity contribution >= 4 is 11.6 Å². The van der Waals surface area contributed by atoms with Gasteiger partial charge < -0.3 is 10.2 Å². The number of likely N-dealkylation sites (N-methyl/N-ethyl adjacent to an activating group) is 1. The number of benzene rings is 2. The van der Waals surface area contributed by atoms with E-state index in [1.165, 1.54) is 11.6 Å². The second-order valence-corrected chi connectivity index (χ2v) is 5.20. The molecule has 1 amide bonds. The maximum Gasteiger partial charge on any atom is 0.282 e. The van der Waals surface area contributed by atoms with Crippen molar-refractivity contribution < 1.29 is 14.1 Å². The normalized spacial score (nSPS) is 13.5. The van der Waals surface area contributed by atoms with E-state index in [0.717, 1.165) is 11.4 Å². The van der Waals surface area contributed by atoms with Gasteiger partial charge >= 0.3 is 0 Å². The average Bonchev–Trinajstić information content (AvgIpc) is 2.49. The first-order chi connectivity index (χ1) is 10.1. The summed E-state index contributed by atoms with van der Waals surface area (Å²) in [4.78, 5) is 13.2. The molecule has 0 spiro atoms. The zero-order valence-corrected chi connectivity index (χ0v) is 12.3. The highest BCUT2D eigenvalue weighted by atomic mass is 19.1. The molecule has 1 unspecified atom stereocenters. The third kappa shape index (κ3) is 4.13. The summed E-state index contributed by atoms with van der Waals surface area (Å²) in [6, 6.07) is 15.9. The van der Waals surface area contributed by atoms with Gasteiger partial charge in [0.1, 0.15) is 12.4 Å². The van der Waals surface area contributed by atoms with E-state index in [4.69, 9.17) is 0 Å². The summed E-state index contributed by atoms with van der Waals surface area (Å²) in [5.74, 6) is -0.604. The maximum atomic E-state index is 13.5. The van der Waals surface area contributed by atoms with E-state index in [1.807, 2.05) is 44.3 Å². The lowest BCUT2D eigenvalue weighted by Crippen LogP contribution is -3.12. The minimum absolute atomic E-state index is 0.187. The number of hydrogen-bond donors (Lipinski definition) is 2. The standard InChI is InChI=1S/C17H19FN2O/c1-13(20(2)12-14-8-4-3-5-9-14)17(21)19-16-11-7-6-10-15(16)18/h3-11,13H,12H2,1-2H3,(H,19,21)/p+1/t13-/m1/s1. The van der Waals surface area contributed by atoms with E-state index in [-0.39, 0.29) is 17.6 Å². The maximum absolute atomic E-state index is 13.5. The summed E-state index contributed by atoms with van der Waals surface area (Å²) in [5.41, 5.74) is 1.39. The van der Waals surface area contributed by atoms with Gasteiger partial charge in [0.25, 0.3) is 5.91 Å². The van der Waals surface area contributed by atoms with E-state index >= 15 is 0 Å². The number of para-hydroxylation sites is 1. The van der Waals surface area contributed by atoms with Crippen molar-refractivity contribution in [2.45, 2.75) is 19.5 Å². The molecule has 0 saturated carbocycles. The van der Waals surface area contributed by atoms with Crippen LogP contribution in [0.3, 0.4) is 0 Å². The highest BCUT2D eigenvalue weighted by Crippen LogP contribution is 2.12. The summed E-state index contributed by atoms with van der Waals surface area (Å²) in [7, 11) is 1.96. The Morgan fingerprint density at radius 3 is 2.43 bits per heavy atom. The molecule has 0 radical (unpaired) electrons. The fourth-order valence-electron chi connectivity index (χ4n) is 2.10. The number of amides is 1. The van der Waals surface area contributed by atoms with Crippen LogP contribution in [0.15, 0.2) is 54.6 Å². The molecule has 0 aliphatic carbocycles. The summed E-state index contributed by atoms with van der Waals surface area (Å²) < 4.78 is 13.5. The molecule has 0 fully saturated rings. The van der Waals surface area contributed by atoms with Crippen molar-refractivity contribution in [1.82, 2.24) is 0 Å². The summed E-state index contributed by atoms with van der Waals surface area (Å²) in [6.07, 6.45) is 0. The van der Waals surface area contributed by atoms with Gasteiger partial charge in [0, 0.05) is 5.56 Å². The van der Waals surface area contributed by atoms with Crippen molar-refractivity contribution in [2.24, 2.45) is 0 Å². The van der Waals surface area contributed by atoms with E-state index in [1.54, 1.807) is 18.2 Å². The SMILES string of the molecule is C[C@H](C(=O)Nc1ccccc1F)[NH+](C)Cc1ccccc1. The van der Waals surface area contributed by atoms with E-state index in [0.29, 0.717) is 0 Å². The van der Waals surface area contributed by atoms with Gasteiger partial charge in [-0.15, -0.1) is 0 Å². The topological polar surface area (TPSA) is 33.5 Å². The molecule has 2 N–H and O–H groups in total. The van der Waals surface area contributed by atoms with Crippen LogP contribution >= 0.6 is 0 Å². The Morgan fingerprint density at radius 2 is 1.76 bits per heavy atom. The zero-order chi connectivity index (χ0) is 15.2. The van der Waals surface area contributed by atoms with Crippen LogP contribution in [0, 0.1) is 5.82 Å². The molecule has 3 nitrogen and oxygen atoms in total. The van der Waals surface area contributed by atoms with E-state index in [9.17, 15) is 9.18 Å². The molecule has 4 heteroatoms. The molecule has 21 heavy (non-hydrogen) atoms. The van der Waals surface area contributed by atoms with Gasteiger partial charge in [0.15, 0.2) is 6.04 Å². The fraction of sp³-hybridized carbons (Fsp3) is 0.235. The van der Waals surface area contributed by atoms with Crippen molar-refractivity contribution in [3.05, 3.63) is 66.0 Å². The number of carbonyl (C=O) groups is 1. The predicted octanol–water partition coefficient (Wildman–Crippen LogP) is 1.87. The Labute approximate surface area is 124 Å². The quantitative estimate of drug-likeness (QED) is 0.865. The number of anilines is 1. The summed E-state index contributed by atoms with van der Waals surface area (Å²) in [5, 5.41) is 2.64. The first-order valence-electron chi connectivity index (χ1n) is 6.99. The first-order valence-corrected chi connectivity index (χ1v) is 6.99. The van der Waals surface area contributed by atoms with Crippen LogP contribution in [-0.4, -0.2) is 19.0 Å². The molecule has 2 aromatic rings. The van der Waals surface area contributed by atoms with Gasteiger partial charge in [-0.05, 0) is 19.1 Å². The highest BCUT2D eigenvalue weighted by Gasteiger charge is 2.22. The minimum atomic E-state index is -0.418. The fourth-order valence-corrected chi connectivity index (χ4v) is 2.10. The molecule has 0 heterocycles. The largest absolute Gasteiger partial charge is 0.324 e. The number of carbonyl (C=O) groups excluding carboxylic acids is 1. The Bertz CT molecular complexity index is 601. The smallest absolute Gasteiger partial charge is 0.282 e. The first kappa shape index (κ1) is 15.2. The minimum Gasteiger partial charge on any atom is -0.324 e. The molecule has 0 aliphatic heterocycles. The second-order valence-electron chi connectivity index (χ2n) is 5.20. The third-order valence-electron chi connectivity index (χ3n) is 3.59. The van der Waals surface area contributed by atoms with Gasteiger partial charge in [-0.25, -0.2) is 4.39 Å². The number of halogens is 1. The van der Waals surface area contributed by atoms with Crippen molar-refractivity contribution in [3.8, 4) is 0 Å². The van der Waals surface area contributed by atoms with Crippen LogP contribution in [0.5, 0.6) is 0 Å². The Morgan fingerprint density at radius 1 is 1.14 bits per heavy atom. The second kappa shape index (κ2) is 6.99. The lowest BCUT2D eigenvalue weighted by molar-refractivity contribution is -0.907. The Balaban J connectivity index is 1.97. The van der Waals surface area contributed by atoms with Crippen molar-refractivity contribution in [3.63, 3.8) is 0 Å². The number of hydrogen-bond acceptors (Lipinski definition) is 1. The molecule has 0 bridgehead atoms. The van der Waals surface area contributed by atoms with Crippen LogP contribution in [0.4, 0.5) is 10.1 Å². The molecule has 2 rings (SSSR count). The lowest BCUT2D eigenvalue weighted by Gasteiger charge is -2.21. The molecular formula is C17H20FN2O+. The predicted molar refractivity (Wildman–Crippen MR) is 81.5 cm³/mol. The zero-order valence-electron chi connectivity index (χ0n) is 12.3. The highest BCUT2D eigenvalue weighted by molar-refractivity contribution is 5.93. The van der Waals surface area contributed by atoms with Crippen molar-refractivity contribution in [1.29, 1.82) is 0 Å². The lowest BCUT2D eigenvalue weighted by atomic mass is 10.2. The third-order valence-corrected chi connectivity index (χ3v) is 3.59. The van der Waals surface area contributed by atoms with Crippen LogP contribution < -0.4 is 10.2 Å². The average molecular weight is 287 g/mol. The van der Waals surface area contributed by atoms with Gasteiger partial charge in [-0.3, -0.25) is 4.79 Å². The van der Waals surface area contributed by atoms with Crippen molar-refractivity contribution in [2.75, 3.05) is 12.4 Å². The number of nitrogens with one attached hydrogen (secondary N) is 2. The van der Waals surface area contributed by atoms with Gasteiger partial charge in [0.2, 0.25) is 0 Å². The number of quaternary nitrogens is 1. The Kier molecular flexibility index (Phi) is 5.06. The van der Waals surface area contributed by atoms with Gasteiger partial charge in [-0.1, -0.05) is 42.5 Å². The van der Waals surface area contributed by atoms with Crippen LogP contribution in [0.1, 0.15) is 12.5 Å². The number of rotatable bonds is 5. The monoisotopic (exact) mass is 287 g/mol. The Hall–Kier alpha value is -2.20. The van der Waals surface area contributed by atoms with Crippen LogP contribution in [0.2, 0.25) is 0 Å². The summed E-state index contributed by atoms with van der Waals surface area (Å²) >= 11 is 0. The summed E-state index contributed by atoms with van der Waals surface area (Å²) in [6.45, 7) is 2.58. The van der Waals surface area contributed by atoms with Crippen LogP contribution in [-0.2, 0) is 11.3 Å². The van der Waals surface area contributed by atoms with Crippen LogP contribution in [0.25, 0.3) is 0 Å². The van der Waals surface area contributed by atoms with Gasteiger partial charge in [-0.2, -0.15) is 0 Å². The molecule has 0 saturated heterocycles. The molecular weight excluding hydrogens is 267 g/mol. The van der Waals surface area contributed by atoms with Gasteiger partial charge in [0.05, 0.1) is 12.7 Å².